The first-order chi connectivity index (χ1) is 8.74. The normalized spacial score (nSPS) is 10.9. The molecule has 2 aromatic heterocycles. The average Bonchev–Trinajstić information content (AvgIpc) is 2.67. The second-order valence-corrected chi connectivity index (χ2v) is 4.34. The van der Waals surface area contributed by atoms with Crippen molar-refractivity contribution in [3.63, 3.8) is 0 Å². The van der Waals surface area contributed by atoms with Gasteiger partial charge in [-0.1, -0.05) is 12.1 Å². The molecule has 2 heterocycles. The van der Waals surface area contributed by atoms with E-state index in [9.17, 15) is 0 Å². The van der Waals surface area contributed by atoms with Crippen LogP contribution in [0.1, 0.15) is 11.4 Å². The predicted octanol–water partition coefficient (Wildman–Crippen LogP) is 2.14. The minimum atomic E-state index is 0.547. The Hall–Kier alpha value is -2.36. The first-order valence-corrected chi connectivity index (χ1v) is 5.85. The first kappa shape index (κ1) is 10.8. The average molecular weight is 238 g/mol. The fourth-order valence-electron chi connectivity index (χ4n) is 2.14. The van der Waals surface area contributed by atoms with Crippen molar-refractivity contribution in [1.82, 2.24) is 14.5 Å². The Labute approximate surface area is 105 Å². The van der Waals surface area contributed by atoms with Crippen LogP contribution < -0.4 is 5.73 Å². The van der Waals surface area contributed by atoms with E-state index in [2.05, 4.69) is 20.6 Å². The molecule has 0 unspecified atom stereocenters. The Morgan fingerprint density at radius 3 is 2.83 bits per heavy atom. The van der Waals surface area contributed by atoms with E-state index in [-0.39, 0.29) is 0 Å². The minimum absolute atomic E-state index is 0.547. The van der Waals surface area contributed by atoms with Crippen LogP contribution in [0.3, 0.4) is 0 Å². The molecule has 1 aromatic carbocycles. The van der Waals surface area contributed by atoms with Crippen LogP contribution in [0.2, 0.25) is 0 Å². The van der Waals surface area contributed by atoms with Crippen molar-refractivity contribution in [2.75, 3.05) is 5.73 Å². The number of fused-ring (bicyclic) bond motifs is 1. The zero-order valence-corrected chi connectivity index (χ0v) is 10.2. The van der Waals surface area contributed by atoms with Gasteiger partial charge in [0, 0.05) is 19.7 Å². The van der Waals surface area contributed by atoms with E-state index in [4.69, 9.17) is 5.73 Å². The fourth-order valence-corrected chi connectivity index (χ4v) is 2.14. The summed E-state index contributed by atoms with van der Waals surface area (Å²) in [5, 5.41) is 0. The highest BCUT2D eigenvalue weighted by Crippen LogP contribution is 2.17. The molecule has 0 aliphatic heterocycles. The van der Waals surface area contributed by atoms with Gasteiger partial charge in [-0.05, 0) is 29.8 Å². The summed E-state index contributed by atoms with van der Waals surface area (Å²) in [4.78, 5) is 8.64. The summed E-state index contributed by atoms with van der Waals surface area (Å²) in [6.45, 7) is 0. The van der Waals surface area contributed by atoms with Crippen LogP contribution >= 0.6 is 0 Å². The number of anilines is 1. The number of nitrogens with two attached hydrogens (primary N) is 1. The van der Waals surface area contributed by atoms with Crippen LogP contribution in [0.15, 0.2) is 42.6 Å². The van der Waals surface area contributed by atoms with Crippen molar-refractivity contribution in [3.8, 4) is 0 Å². The number of imidazole rings is 1. The second-order valence-electron chi connectivity index (χ2n) is 4.34. The van der Waals surface area contributed by atoms with Crippen LogP contribution in [0.5, 0.6) is 0 Å². The SMILES string of the molecule is Cn1c(Cc2ccnc(N)c2)nc2ccccc21. The molecule has 18 heavy (non-hydrogen) atoms. The van der Waals surface area contributed by atoms with Crippen LogP contribution in [-0.2, 0) is 13.5 Å². The van der Waals surface area contributed by atoms with Gasteiger partial charge in [0.15, 0.2) is 0 Å². The summed E-state index contributed by atoms with van der Waals surface area (Å²) < 4.78 is 2.12. The maximum Gasteiger partial charge on any atom is 0.123 e. The number of nitrogen functional groups attached to an aromatic ring is 1. The highest BCUT2D eigenvalue weighted by Gasteiger charge is 2.07. The Morgan fingerprint density at radius 2 is 2.06 bits per heavy atom. The molecule has 0 radical (unpaired) electrons. The third kappa shape index (κ3) is 1.82. The molecule has 4 nitrogen and oxygen atoms in total. The molecule has 0 fully saturated rings. The predicted molar refractivity (Wildman–Crippen MR) is 72.2 cm³/mol. The topological polar surface area (TPSA) is 56.7 Å². The van der Waals surface area contributed by atoms with E-state index in [0.29, 0.717) is 5.82 Å². The third-order valence-corrected chi connectivity index (χ3v) is 3.09. The fraction of sp³-hybridized carbons (Fsp3) is 0.143. The molecular weight excluding hydrogens is 224 g/mol. The zero-order valence-electron chi connectivity index (χ0n) is 10.2. The third-order valence-electron chi connectivity index (χ3n) is 3.09. The summed E-state index contributed by atoms with van der Waals surface area (Å²) in [5.74, 6) is 1.58. The molecule has 0 atom stereocenters. The summed E-state index contributed by atoms with van der Waals surface area (Å²) in [5.41, 5.74) is 8.99. The van der Waals surface area contributed by atoms with Gasteiger partial charge in [-0.3, -0.25) is 0 Å². The van der Waals surface area contributed by atoms with E-state index < -0.39 is 0 Å². The Balaban J connectivity index is 2.02. The molecule has 0 bridgehead atoms. The van der Waals surface area contributed by atoms with Gasteiger partial charge in [0.05, 0.1) is 11.0 Å². The summed E-state index contributed by atoms with van der Waals surface area (Å²) in [6, 6.07) is 12.0. The highest BCUT2D eigenvalue weighted by molar-refractivity contribution is 5.75. The van der Waals surface area contributed by atoms with E-state index in [1.165, 1.54) is 0 Å². The number of aryl methyl sites for hydroxylation is 1. The first-order valence-electron chi connectivity index (χ1n) is 5.85. The number of pyridine rings is 1. The van der Waals surface area contributed by atoms with Crippen LogP contribution in [0.4, 0.5) is 5.82 Å². The molecule has 0 spiro atoms. The zero-order chi connectivity index (χ0) is 12.5. The van der Waals surface area contributed by atoms with E-state index >= 15 is 0 Å². The number of rotatable bonds is 2. The Kier molecular flexibility index (Phi) is 2.48. The smallest absolute Gasteiger partial charge is 0.123 e. The molecule has 2 N–H and O–H groups in total. The number of para-hydroxylation sites is 2. The maximum atomic E-state index is 5.69. The monoisotopic (exact) mass is 238 g/mol. The molecule has 0 saturated carbocycles. The lowest BCUT2D eigenvalue weighted by atomic mass is 10.2. The Bertz CT molecular complexity index is 700. The quantitative estimate of drug-likeness (QED) is 0.744. The minimum Gasteiger partial charge on any atom is -0.384 e. The van der Waals surface area contributed by atoms with E-state index in [1.54, 1.807) is 6.20 Å². The number of aromatic nitrogens is 3. The molecule has 0 saturated heterocycles. The molecule has 4 heteroatoms. The summed E-state index contributed by atoms with van der Waals surface area (Å²) in [6.07, 6.45) is 2.49. The lowest BCUT2D eigenvalue weighted by Crippen LogP contribution is -2.00. The van der Waals surface area contributed by atoms with Gasteiger partial charge in [-0.25, -0.2) is 9.97 Å². The summed E-state index contributed by atoms with van der Waals surface area (Å²) >= 11 is 0. The number of hydrogen-bond acceptors (Lipinski definition) is 3. The molecule has 0 aliphatic rings. The van der Waals surface area contributed by atoms with E-state index in [0.717, 1.165) is 28.8 Å². The van der Waals surface area contributed by atoms with Gasteiger partial charge >= 0.3 is 0 Å². The second kappa shape index (κ2) is 4.14. The van der Waals surface area contributed by atoms with Crippen LogP contribution in [0, 0.1) is 0 Å². The van der Waals surface area contributed by atoms with Crippen molar-refractivity contribution < 1.29 is 0 Å². The van der Waals surface area contributed by atoms with Crippen molar-refractivity contribution in [2.24, 2.45) is 7.05 Å². The molecule has 3 aromatic rings. The van der Waals surface area contributed by atoms with Crippen molar-refractivity contribution in [1.29, 1.82) is 0 Å². The summed E-state index contributed by atoms with van der Waals surface area (Å²) in [7, 11) is 2.04. The Morgan fingerprint density at radius 1 is 1.22 bits per heavy atom. The molecule has 3 rings (SSSR count). The van der Waals surface area contributed by atoms with Gasteiger partial charge < -0.3 is 10.3 Å². The van der Waals surface area contributed by atoms with Gasteiger partial charge in [0.25, 0.3) is 0 Å². The van der Waals surface area contributed by atoms with Crippen LogP contribution in [0.25, 0.3) is 11.0 Å². The largest absolute Gasteiger partial charge is 0.384 e. The van der Waals surface area contributed by atoms with Crippen molar-refractivity contribution >= 4 is 16.9 Å². The van der Waals surface area contributed by atoms with Crippen molar-refractivity contribution in [3.05, 3.63) is 54.0 Å². The maximum absolute atomic E-state index is 5.69. The van der Waals surface area contributed by atoms with Gasteiger partial charge in [-0.15, -0.1) is 0 Å². The number of hydrogen-bond donors (Lipinski definition) is 1. The van der Waals surface area contributed by atoms with Crippen molar-refractivity contribution in [2.45, 2.75) is 6.42 Å². The van der Waals surface area contributed by atoms with Gasteiger partial charge in [0.2, 0.25) is 0 Å². The highest BCUT2D eigenvalue weighted by atomic mass is 15.1. The molecule has 90 valence electrons. The van der Waals surface area contributed by atoms with Gasteiger partial charge in [-0.2, -0.15) is 0 Å². The lowest BCUT2D eigenvalue weighted by Gasteiger charge is -2.03. The number of benzene rings is 1. The number of nitrogens with zero attached hydrogens (tertiary/aromatic N) is 3. The van der Waals surface area contributed by atoms with Gasteiger partial charge in [0.1, 0.15) is 11.6 Å². The van der Waals surface area contributed by atoms with Crippen LogP contribution in [-0.4, -0.2) is 14.5 Å². The standard InChI is InChI=1S/C14H14N4/c1-18-12-5-3-2-4-11(12)17-14(18)9-10-6-7-16-13(15)8-10/h2-8H,9H2,1H3,(H2,15,16). The molecular formula is C14H14N4. The van der Waals surface area contributed by atoms with E-state index in [1.807, 2.05) is 37.4 Å². The lowest BCUT2D eigenvalue weighted by molar-refractivity contribution is 0.844. The molecule has 0 aliphatic carbocycles. The molecule has 0 amide bonds.